The number of carbonyl (C=O) groups excluding carboxylic acids is 2. The Balaban J connectivity index is 2.77. The van der Waals surface area contributed by atoms with Gasteiger partial charge in [-0.05, 0) is 24.4 Å². The highest BCUT2D eigenvalue weighted by Gasteiger charge is 2.35. The molecule has 0 aliphatic carbocycles. The third kappa shape index (κ3) is 4.95. The van der Waals surface area contributed by atoms with Gasteiger partial charge in [-0.2, -0.15) is 13.2 Å². The second-order valence-corrected chi connectivity index (χ2v) is 4.33. The Morgan fingerprint density at radius 2 is 1.95 bits per heavy atom. The van der Waals surface area contributed by atoms with E-state index in [1.165, 1.54) is 0 Å². The third-order valence-electron chi connectivity index (χ3n) is 2.34. The van der Waals surface area contributed by atoms with Crippen molar-refractivity contribution < 1.29 is 31.9 Å². The fourth-order valence-corrected chi connectivity index (χ4v) is 1.60. The van der Waals surface area contributed by atoms with Crippen LogP contribution in [0.2, 0.25) is 0 Å². The number of amides is 1. The number of anilines is 1. The lowest BCUT2D eigenvalue weighted by Gasteiger charge is -2.13. The van der Waals surface area contributed by atoms with Crippen molar-refractivity contribution in [1.82, 2.24) is 5.32 Å². The number of alkyl halides is 3. The van der Waals surface area contributed by atoms with Gasteiger partial charge in [-0.1, -0.05) is 6.07 Å². The topological polar surface area (TPSA) is 67.4 Å². The maximum Gasteiger partial charge on any atom is 0.419 e. The van der Waals surface area contributed by atoms with Crippen LogP contribution in [-0.4, -0.2) is 24.1 Å². The van der Waals surface area contributed by atoms with Gasteiger partial charge in [0, 0.05) is 0 Å². The van der Waals surface area contributed by atoms with E-state index in [0.29, 0.717) is 6.07 Å². The first-order valence-corrected chi connectivity index (χ1v) is 6.09. The van der Waals surface area contributed by atoms with Gasteiger partial charge in [-0.3, -0.25) is 9.59 Å². The average molecular weight is 338 g/mol. The summed E-state index contributed by atoms with van der Waals surface area (Å²) in [7, 11) is 1.07. The number of hydrogen-bond donors (Lipinski definition) is 2. The van der Waals surface area contributed by atoms with E-state index in [1.54, 1.807) is 0 Å². The van der Waals surface area contributed by atoms with Gasteiger partial charge in [0.05, 0.1) is 18.4 Å². The molecule has 5 nitrogen and oxygen atoms in total. The lowest BCUT2D eigenvalue weighted by Crippen LogP contribution is -2.35. The number of benzene rings is 1. The van der Waals surface area contributed by atoms with E-state index in [4.69, 9.17) is 0 Å². The molecule has 22 heavy (non-hydrogen) atoms. The van der Waals surface area contributed by atoms with Crippen LogP contribution < -0.4 is 10.6 Å². The zero-order valence-corrected chi connectivity index (χ0v) is 11.9. The van der Waals surface area contributed by atoms with E-state index in [2.05, 4.69) is 22.3 Å². The highest BCUT2D eigenvalue weighted by atomic mass is 32.1. The third-order valence-corrected chi connectivity index (χ3v) is 2.54. The molecular weight excluding hydrogens is 328 g/mol. The van der Waals surface area contributed by atoms with Crippen molar-refractivity contribution >= 4 is 34.9 Å². The molecule has 0 unspecified atom stereocenters. The molecular formula is C12H10F4N2O3S. The number of nitrogens with one attached hydrogen (secondary N) is 2. The normalized spacial score (nSPS) is 10.8. The summed E-state index contributed by atoms with van der Waals surface area (Å²) >= 11 is 4.65. The first kappa shape index (κ1) is 17.8. The number of esters is 1. The maximum atomic E-state index is 13.7. The molecule has 1 aromatic rings. The van der Waals surface area contributed by atoms with Crippen molar-refractivity contribution in [2.45, 2.75) is 12.6 Å². The summed E-state index contributed by atoms with van der Waals surface area (Å²) in [5.74, 6) is -3.23. The molecule has 1 aromatic carbocycles. The first-order valence-electron chi connectivity index (χ1n) is 5.68. The fraction of sp³-hybridized carbons (Fsp3) is 0.250. The Kier molecular flexibility index (Phi) is 5.80. The van der Waals surface area contributed by atoms with Crippen molar-refractivity contribution in [3.05, 3.63) is 29.6 Å². The van der Waals surface area contributed by atoms with Crippen LogP contribution in [0.15, 0.2) is 18.2 Å². The zero-order valence-electron chi connectivity index (χ0n) is 11.1. The highest BCUT2D eigenvalue weighted by molar-refractivity contribution is 7.80. The van der Waals surface area contributed by atoms with E-state index < -0.39 is 46.7 Å². The summed E-state index contributed by atoms with van der Waals surface area (Å²) in [6.07, 6.45) is -5.50. The number of hydrogen-bond acceptors (Lipinski definition) is 4. The van der Waals surface area contributed by atoms with Crippen LogP contribution in [-0.2, 0) is 20.5 Å². The molecule has 1 amide bonds. The monoisotopic (exact) mass is 338 g/mol. The molecule has 0 saturated carbocycles. The molecule has 120 valence electrons. The summed E-state index contributed by atoms with van der Waals surface area (Å²) in [5, 5.41) is 3.68. The largest absolute Gasteiger partial charge is 0.469 e. The minimum Gasteiger partial charge on any atom is -0.469 e. The van der Waals surface area contributed by atoms with Crippen LogP contribution in [0.3, 0.4) is 0 Å². The second-order valence-electron chi connectivity index (χ2n) is 3.92. The predicted octanol–water partition coefficient (Wildman–Crippen LogP) is 2.22. The van der Waals surface area contributed by atoms with Crippen molar-refractivity contribution in [3.63, 3.8) is 0 Å². The molecule has 10 heteroatoms. The van der Waals surface area contributed by atoms with Gasteiger partial charge in [-0.25, -0.2) is 4.39 Å². The quantitative estimate of drug-likeness (QED) is 0.383. The average Bonchev–Trinajstić information content (AvgIpc) is 2.39. The predicted molar refractivity (Wildman–Crippen MR) is 72.4 cm³/mol. The standard InChI is InChI=1S/C12H10F4N2O3S/c1-21-9(20)5-8(19)18-11(22)17-7-4-2-3-6(10(7)13)12(14,15)16/h2-4H,5H2,1H3,(H2,17,18,19,22). The number of ether oxygens (including phenoxy) is 1. The van der Waals surface area contributed by atoms with Gasteiger partial charge in [0.25, 0.3) is 0 Å². The summed E-state index contributed by atoms with van der Waals surface area (Å²) < 4.78 is 55.6. The molecule has 0 spiro atoms. The van der Waals surface area contributed by atoms with Gasteiger partial charge < -0.3 is 15.4 Å². The van der Waals surface area contributed by atoms with Gasteiger partial charge >= 0.3 is 12.1 Å². The number of carbonyl (C=O) groups is 2. The number of methoxy groups -OCH3 is 1. The molecule has 0 heterocycles. The van der Waals surface area contributed by atoms with E-state index in [0.717, 1.165) is 19.2 Å². The molecule has 0 fully saturated rings. The molecule has 0 radical (unpaired) electrons. The first-order chi connectivity index (χ1) is 10.1. The summed E-state index contributed by atoms with van der Waals surface area (Å²) in [4.78, 5) is 22.2. The van der Waals surface area contributed by atoms with Crippen molar-refractivity contribution in [2.75, 3.05) is 12.4 Å². The van der Waals surface area contributed by atoms with E-state index >= 15 is 0 Å². The minimum atomic E-state index is -4.86. The van der Waals surface area contributed by atoms with E-state index in [1.807, 2.05) is 5.32 Å². The summed E-state index contributed by atoms with van der Waals surface area (Å²) in [6.45, 7) is 0. The highest BCUT2D eigenvalue weighted by Crippen LogP contribution is 2.33. The van der Waals surface area contributed by atoms with Crippen LogP contribution in [0.25, 0.3) is 0 Å². The Morgan fingerprint density at radius 1 is 1.32 bits per heavy atom. The SMILES string of the molecule is COC(=O)CC(=O)NC(=S)Nc1cccc(C(F)(F)F)c1F. The Morgan fingerprint density at radius 3 is 2.50 bits per heavy atom. The van der Waals surface area contributed by atoms with Gasteiger partial charge in [-0.15, -0.1) is 0 Å². The molecule has 1 rings (SSSR count). The lowest BCUT2D eigenvalue weighted by molar-refractivity contribution is -0.143. The van der Waals surface area contributed by atoms with Gasteiger partial charge in [0.2, 0.25) is 5.91 Å². The van der Waals surface area contributed by atoms with Crippen LogP contribution in [0.5, 0.6) is 0 Å². The van der Waals surface area contributed by atoms with E-state index in [9.17, 15) is 27.2 Å². The van der Waals surface area contributed by atoms with Gasteiger partial charge in [0.1, 0.15) is 6.42 Å². The Bertz CT molecular complexity index is 605. The molecule has 0 aliphatic rings. The summed E-state index contributed by atoms with van der Waals surface area (Å²) in [6, 6.07) is 2.57. The van der Waals surface area contributed by atoms with Crippen molar-refractivity contribution in [2.24, 2.45) is 0 Å². The van der Waals surface area contributed by atoms with Crippen LogP contribution in [0.1, 0.15) is 12.0 Å². The second kappa shape index (κ2) is 7.16. The number of rotatable bonds is 3. The Labute approximate surface area is 127 Å². The van der Waals surface area contributed by atoms with E-state index in [-0.39, 0.29) is 0 Å². The van der Waals surface area contributed by atoms with Crippen molar-refractivity contribution in [1.29, 1.82) is 0 Å². The number of halogens is 4. The molecule has 0 aliphatic heterocycles. The molecule has 2 N–H and O–H groups in total. The van der Waals surface area contributed by atoms with Crippen LogP contribution in [0, 0.1) is 5.82 Å². The molecule has 0 saturated heterocycles. The molecule has 0 bridgehead atoms. The van der Waals surface area contributed by atoms with Gasteiger partial charge in [0.15, 0.2) is 10.9 Å². The fourth-order valence-electron chi connectivity index (χ4n) is 1.38. The molecule has 0 atom stereocenters. The van der Waals surface area contributed by atoms with Crippen molar-refractivity contribution in [3.8, 4) is 0 Å². The molecule has 0 aromatic heterocycles. The lowest BCUT2D eigenvalue weighted by atomic mass is 10.2. The van der Waals surface area contributed by atoms with Crippen LogP contribution in [0.4, 0.5) is 23.2 Å². The summed E-state index contributed by atoms with van der Waals surface area (Å²) in [5.41, 5.74) is -2.03. The van der Waals surface area contributed by atoms with Crippen LogP contribution >= 0.6 is 12.2 Å². The number of thiocarbonyl (C=S) groups is 1. The smallest absolute Gasteiger partial charge is 0.419 e. The maximum absolute atomic E-state index is 13.7. The zero-order chi connectivity index (χ0) is 16.9. The Hall–Kier alpha value is -2.23. The minimum absolute atomic E-state index is 0.452.